The maximum Gasteiger partial charge on any atom is 0.416 e. The van der Waals surface area contributed by atoms with E-state index in [0.29, 0.717) is 29.5 Å². The Morgan fingerprint density at radius 1 is 1.11 bits per heavy atom. The van der Waals surface area contributed by atoms with Crippen LogP contribution in [0.15, 0.2) is 71.9 Å². The monoisotopic (exact) mass is 521 g/mol. The summed E-state index contributed by atoms with van der Waals surface area (Å²) in [5, 5.41) is 23.1. The summed E-state index contributed by atoms with van der Waals surface area (Å²) in [6.07, 6.45) is -0.902. The van der Waals surface area contributed by atoms with E-state index in [1.807, 2.05) is 30.3 Å². The number of H-pyrrole nitrogens is 1. The topological polar surface area (TPSA) is 124 Å². The Morgan fingerprint density at radius 3 is 2.54 bits per heavy atom. The molecule has 0 spiro atoms. The van der Waals surface area contributed by atoms with Crippen LogP contribution in [0, 0.1) is 4.91 Å². The number of carbonyl (C=O) groups excluding carboxylic acids is 1. The molecule has 10 heteroatoms. The molecule has 190 valence electrons. The zero-order valence-electron chi connectivity index (χ0n) is 19.6. The quantitative estimate of drug-likeness (QED) is 0.291. The second-order valence-electron chi connectivity index (χ2n) is 8.72. The first kappa shape index (κ1) is 24.8. The van der Waals surface area contributed by atoms with Gasteiger partial charge in [0.1, 0.15) is 35.9 Å². The normalized spacial score (nSPS) is 15.8. The van der Waals surface area contributed by atoms with Crippen molar-refractivity contribution in [3.63, 3.8) is 0 Å². The van der Waals surface area contributed by atoms with Gasteiger partial charge in [-0.05, 0) is 77.3 Å². The van der Waals surface area contributed by atoms with Crippen molar-refractivity contribution in [1.82, 2.24) is 9.88 Å². The summed E-state index contributed by atoms with van der Waals surface area (Å²) in [4.78, 5) is 29.2. The lowest BCUT2D eigenvalue weighted by molar-refractivity contribution is 0.0536. The molecule has 0 radical (unpaired) electrons. The molecule has 5 rings (SSSR count). The van der Waals surface area contributed by atoms with E-state index in [4.69, 9.17) is 26.2 Å². The molecule has 37 heavy (non-hydrogen) atoms. The predicted octanol–water partition coefficient (Wildman–Crippen LogP) is 5.10. The summed E-state index contributed by atoms with van der Waals surface area (Å²) in [6.45, 7) is -0.0211. The Labute approximate surface area is 217 Å². The maximum atomic E-state index is 13.4. The largest absolute Gasteiger partial charge is 0.491 e. The molecule has 9 nitrogen and oxygen atoms in total. The first-order valence-corrected chi connectivity index (χ1v) is 12.1. The third-order valence-electron chi connectivity index (χ3n) is 6.32. The lowest BCUT2D eigenvalue weighted by atomic mass is 9.92. The van der Waals surface area contributed by atoms with Crippen LogP contribution in [-0.4, -0.2) is 52.1 Å². The average Bonchev–Trinajstić information content (AvgIpc) is 3.29. The standard InChI is InChI=1S/C27H24ClN3O6/c28-17-3-10-24-23(13-17)22-11-12-31(27(34)37-21-8-4-18(30-35)5-9-21)26(25(22)29-24)16-1-6-20(7-2-16)36-15-19(33)14-32/h1-10,13,19,26,29,32-33H,11-12,14-15H2. The third kappa shape index (κ3) is 5.15. The number of ether oxygens (including phenoxy) is 2. The van der Waals surface area contributed by atoms with Gasteiger partial charge in [0, 0.05) is 28.2 Å². The van der Waals surface area contributed by atoms with Crippen LogP contribution in [0.2, 0.25) is 5.02 Å². The van der Waals surface area contributed by atoms with Gasteiger partial charge in [-0.3, -0.25) is 4.90 Å². The number of halogens is 1. The van der Waals surface area contributed by atoms with Crippen LogP contribution in [-0.2, 0) is 6.42 Å². The summed E-state index contributed by atoms with van der Waals surface area (Å²) >= 11 is 6.27. The van der Waals surface area contributed by atoms with E-state index in [0.717, 1.165) is 27.7 Å². The van der Waals surface area contributed by atoms with Gasteiger partial charge in [-0.15, -0.1) is 4.91 Å². The van der Waals surface area contributed by atoms with Crippen molar-refractivity contribution in [3.05, 3.63) is 93.5 Å². The minimum atomic E-state index is -0.972. The highest BCUT2D eigenvalue weighted by Gasteiger charge is 2.35. The second kappa shape index (κ2) is 10.6. The summed E-state index contributed by atoms with van der Waals surface area (Å²) in [5.41, 5.74) is 3.94. The number of amides is 1. The molecular weight excluding hydrogens is 498 g/mol. The van der Waals surface area contributed by atoms with E-state index < -0.39 is 24.8 Å². The van der Waals surface area contributed by atoms with Crippen LogP contribution in [0.1, 0.15) is 22.9 Å². The first-order chi connectivity index (χ1) is 18.0. The molecule has 0 saturated carbocycles. The number of nitrogens with zero attached hydrogens (tertiary/aromatic N) is 2. The van der Waals surface area contributed by atoms with E-state index in [1.165, 1.54) is 24.3 Å². The van der Waals surface area contributed by atoms with Gasteiger partial charge in [0.05, 0.1) is 6.61 Å². The lowest BCUT2D eigenvalue weighted by Crippen LogP contribution is -2.42. The molecule has 3 aromatic carbocycles. The Hall–Kier alpha value is -3.92. The molecule has 1 amide bonds. The minimum Gasteiger partial charge on any atom is -0.491 e. The van der Waals surface area contributed by atoms with Crippen LogP contribution >= 0.6 is 11.6 Å². The summed E-state index contributed by atoms with van der Waals surface area (Å²) in [5.74, 6) is 0.824. The number of nitroso groups, excluding NO2 is 1. The van der Waals surface area contributed by atoms with Crippen LogP contribution in [0.25, 0.3) is 10.9 Å². The maximum absolute atomic E-state index is 13.4. The molecule has 2 heterocycles. The average molecular weight is 522 g/mol. The van der Waals surface area contributed by atoms with Crippen molar-refractivity contribution >= 4 is 34.3 Å². The second-order valence-corrected chi connectivity index (χ2v) is 9.16. The van der Waals surface area contributed by atoms with Crippen molar-refractivity contribution in [2.75, 3.05) is 19.8 Å². The molecule has 2 atom stereocenters. The number of rotatable bonds is 7. The number of benzene rings is 3. The summed E-state index contributed by atoms with van der Waals surface area (Å²) < 4.78 is 11.2. The highest BCUT2D eigenvalue weighted by Crippen LogP contribution is 2.40. The molecular formula is C27H24ClN3O6. The Kier molecular flexibility index (Phi) is 7.09. The summed E-state index contributed by atoms with van der Waals surface area (Å²) in [6, 6.07) is 18.4. The van der Waals surface area contributed by atoms with Gasteiger partial charge >= 0.3 is 6.09 Å². The summed E-state index contributed by atoms with van der Waals surface area (Å²) in [7, 11) is 0. The van der Waals surface area contributed by atoms with E-state index in [1.54, 1.807) is 17.0 Å². The minimum absolute atomic E-state index is 0.0386. The molecule has 0 fully saturated rings. The van der Waals surface area contributed by atoms with Gasteiger partial charge in [-0.2, -0.15) is 0 Å². The number of aliphatic hydroxyl groups is 2. The van der Waals surface area contributed by atoms with Gasteiger partial charge in [0.15, 0.2) is 0 Å². The smallest absolute Gasteiger partial charge is 0.416 e. The number of carbonyl (C=O) groups is 1. The number of hydrogen-bond donors (Lipinski definition) is 3. The molecule has 1 aromatic heterocycles. The Balaban J connectivity index is 1.49. The number of aromatic amines is 1. The van der Waals surface area contributed by atoms with Gasteiger partial charge in [-0.25, -0.2) is 4.79 Å². The predicted molar refractivity (Wildman–Crippen MR) is 139 cm³/mol. The van der Waals surface area contributed by atoms with Crippen molar-refractivity contribution in [3.8, 4) is 11.5 Å². The highest BCUT2D eigenvalue weighted by atomic mass is 35.5. The van der Waals surface area contributed by atoms with Crippen molar-refractivity contribution in [2.45, 2.75) is 18.6 Å². The zero-order valence-corrected chi connectivity index (χ0v) is 20.4. The molecule has 0 aliphatic carbocycles. The van der Waals surface area contributed by atoms with Crippen LogP contribution in [0.3, 0.4) is 0 Å². The molecule has 0 bridgehead atoms. The van der Waals surface area contributed by atoms with Crippen molar-refractivity contribution < 1.29 is 24.5 Å². The fraction of sp³-hybridized carbons (Fsp3) is 0.222. The molecule has 1 aliphatic rings. The Morgan fingerprint density at radius 2 is 1.84 bits per heavy atom. The van der Waals surface area contributed by atoms with E-state index >= 15 is 0 Å². The van der Waals surface area contributed by atoms with E-state index in [9.17, 15) is 14.8 Å². The van der Waals surface area contributed by atoms with Gasteiger partial charge in [0.25, 0.3) is 0 Å². The third-order valence-corrected chi connectivity index (χ3v) is 6.55. The fourth-order valence-electron chi connectivity index (χ4n) is 4.53. The number of aromatic nitrogens is 1. The fourth-order valence-corrected chi connectivity index (χ4v) is 4.70. The number of fused-ring (bicyclic) bond motifs is 3. The molecule has 2 unspecified atom stereocenters. The van der Waals surface area contributed by atoms with Crippen LogP contribution < -0.4 is 9.47 Å². The SMILES string of the molecule is O=Nc1ccc(OC(=O)N2CCc3c([nH]c4ccc(Cl)cc34)C2c2ccc(OCC(O)CO)cc2)cc1. The number of nitrogens with one attached hydrogen (secondary N) is 1. The van der Waals surface area contributed by atoms with Gasteiger partial charge in [0.2, 0.25) is 0 Å². The van der Waals surface area contributed by atoms with Gasteiger partial charge < -0.3 is 24.7 Å². The van der Waals surface area contributed by atoms with Crippen LogP contribution in [0.4, 0.5) is 10.5 Å². The molecule has 4 aromatic rings. The van der Waals surface area contributed by atoms with E-state index in [-0.39, 0.29) is 12.3 Å². The van der Waals surface area contributed by atoms with Gasteiger partial charge in [-0.1, -0.05) is 23.7 Å². The number of hydrogen-bond acceptors (Lipinski definition) is 7. The molecule has 3 N–H and O–H groups in total. The highest BCUT2D eigenvalue weighted by molar-refractivity contribution is 6.31. The lowest BCUT2D eigenvalue weighted by Gasteiger charge is -2.35. The Bertz CT molecular complexity index is 1420. The first-order valence-electron chi connectivity index (χ1n) is 11.7. The number of aliphatic hydroxyl groups excluding tert-OH is 2. The zero-order chi connectivity index (χ0) is 25.9. The van der Waals surface area contributed by atoms with Crippen LogP contribution in [0.5, 0.6) is 11.5 Å². The molecule has 0 saturated heterocycles. The molecule has 1 aliphatic heterocycles. The van der Waals surface area contributed by atoms with Crippen molar-refractivity contribution in [2.24, 2.45) is 5.18 Å². The van der Waals surface area contributed by atoms with E-state index in [2.05, 4.69) is 10.2 Å². The van der Waals surface area contributed by atoms with Crippen molar-refractivity contribution in [1.29, 1.82) is 0 Å².